The van der Waals surface area contributed by atoms with Gasteiger partial charge >= 0.3 is 0 Å². The normalized spacial score (nSPS) is 17.8. The molecule has 0 unspecified atom stereocenters. The van der Waals surface area contributed by atoms with Crippen LogP contribution in [0.1, 0.15) is 61.1 Å². The van der Waals surface area contributed by atoms with Crippen molar-refractivity contribution in [3.8, 4) is 44.5 Å². The molecule has 0 N–H and O–H groups in total. The van der Waals surface area contributed by atoms with Crippen LogP contribution < -0.4 is 0 Å². The van der Waals surface area contributed by atoms with E-state index in [0.717, 1.165) is 21.6 Å². The smallest absolute Gasteiger partial charge is 0.0984 e. The van der Waals surface area contributed by atoms with Gasteiger partial charge < -0.3 is 0 Å². The van der Waals surface area contributed by atoms with E-state index in [-0.39, 0.29) is 11.1 Å². The van der Waals surface area contributed by atoms with Gasteiger partial charge in [0.2, 0.25) is 0 Å². The molecule has 0 atom stereocenters. The summed E-state index contributed by atoms with van der Waals surface area (Å²) in [5.41, 5.74) is 17.6. The van der Waals surface area contributed by atoms with E-state index in [1.165, 1.54) is 88.7 Å². The number of benzene rings is 7. The molecule has 2 nitrogen and oxygen atoms in total. The second kappa shape index (κ2) is 11.9. The first kappa shape index (κ1) is 33.2. The molecule has 1 spiro atoms. The van der Waals surface area contributed by atoms with Crippen LogP contribution in [0.2, 0.25) is 0 Å². The fraction of sp³-hybridized carbons (Fsp3) is 0.176. The van der Waals surface area contributed by atoms with Gasteiger partial charge in [0.1, 0.15) is 0 Å². The van der Waals surface area contributed by atoms with Crippen LogP contribution in [0.25, 0.3) is 55.3 Å². The van der Waals surface area contributed by atoms with Crippen LogP contribution in [0.5, 0.6) is 0 Å². The van der Waals surface area contributed by atoms with Crippen molar-refractivity contribution in [3.05, 3.63) is 179 Å². The van der Waals surface area contributed by atoms with Crippen LogP contribution in [-0.2, 0) is 5.41 Å². The SMILES string of the molecule is CC1(C)CSC(c2ccc(-c3ccc4c(c3)C3(c5ccccc5-c5ccccc53)c3cc(-c5ccc(C6=NC(C)(C)CS6)cc5)c5ccccc5c3-4)cc2)=N1. The zero-order chi connectivity index (χ0) is 37.1. The molecule has 7 aromatic rings. The molecule has 55 heavy (non-hydrogen) atoms. The van der Waals surface area contributed by atoms with E-state index in [1.54, 1.807) is 0 Å². The van der Waals surface area contributed by atoms with Crippen molar-refractivity contribution in [2.75, 3.05) is 11.5 Å². The van der Waals surface area contributed by atoms with Crippen LogP contribution >= 0.6 is 23.5 Å². The largest absolute Gasteiger partial charge is 0.271 e. The highest BCUT2D eigenvalue weighted by Gasteiger charge is 2.52. The monoisotopic (exact) mass is 744 g/mol. The zero-order valence-electron chi connectivity index (χ0n) is 31.5. The molecule has 2 aliphatic carbocycles. The molecule has 0 fully saturated rings. The summed E-state index contributed by atoms with van der Waals surface area (Å²) >= 11 is 3.73. The van der Waals surface area contributed by atoms with E-state index in [1.807, 2.05) is 23.5 Å². The van der Waals surface area contributed by atoms with Crippen LogP contribution in [0.3, 0.4) is 0 Å². The van der Waals surface area contributed by atoms with Crippen molar-refractivity contribution >= 4 is 44.4 Å². The van der Waals surface area contributed by atoms with Gasteiger partial charge in [-0.25, -0.2) is 0 Å². The van der Waals surface area contributed by atoms with Crippen molar-refractivity contribution < 1.29 is 0 Å². The van der Waals surface area contributed by atoms with Gasteiger partial charge in [0.05, 0.1) is 26.6 Å². The minimum Gasteiger partial charge on any atom is -0.271 e. The van der Waals surface area contributed by atoms with Gasteiger partial charge in [-0.15, -0.1) is 23.5 Å². The van der Waals surface area contributed by atoms with Gasteiger partial charge in [-0.3, -0.25) is 9.98 Å². The van der Waals surface area contributed by atoms with Crippen LogP contribution in [0.15, 0.2) is 156 Å². The maximum atomic E-state index is 5.03. The third kappa shape index (κ3) is 4.97. The molecule has 0 radical (unpaired) electrons. The van der Waals surface area contributed by atoms with E-state index < -0.39 is 5.41 Å². The van der Waals surface area contributed by atoms with Gasteiger partial charge in [-0.2, -0.15) is 0 Å². The second-order valence-corrected chi connectivity index (χ2v) is 18.6. The lowest BCUT2D eigenvalue weighted by Gasteiger charge is -2.31. The van der Waals surface area contributed by atoms with E-state index in [4.69, 9.17) is 9.98 Å². The Hall–Kier alpha value is -5.16. The molecule has 4 aliphatic rings. The number of rotatable bonds is 4. The first-order valence-corrected chi connectivity index (χ1v) is 21.2. The standard InChI is InChI=1S/C51H40N2S2/c1-49(2)29-54-47(52-49)33-21-17-31(18-22-33)35-25-26-40-44(27-35)51(42-15-9-7-12-37(42)38-13-8-10-16-43(38)51)45-28-41(36-11-5-6-14-39(36)46(40)45)32-19-23-34(24-20-32)48-53-50(3,4)30-55-48/h5-28H,29-30H2,1-4H3. The number of thioether (sulfide) groups is 2. The van der Waals surface area contributed by atoms with Gasteiger partial charge in [-0.1, -0.05) is 133 Å². The van der Waals surface area contributed by atoms with Gasteiger partial charge in [0.25, 0.3) is 0 Å². The maximum Gasteiger partial charge on any atom is 0.0984 e. The molecule has 11 rings (SSSR count). The van der Waals surface area contributed by atoms with E-state index >= 15 is 0 Å². The van der Waals surface area contributed by atoms with Gasteiger partial charge in [-0.05, 0) is 117 Å². The molecule has 266 valence electrons. The average Bonchev–Trinajstić information content (AvgIpc) is 3.94. The molecule has 0 amide bonds. The Kier molecular flexibility index (Phi) is 7.20. The summed E-state index contributed by atoms with van der Waals surface area (Å²) in [5.74, 6) is 2.04. The quantitative estimate of drug-likeness (QED) is 0.179. The highest BCUT2D eigenvalue weighted by molar-refractivity contribution is 8.15. The summed E-state index contributed by atoms with van der Waals surface area (Å²) < 4.78 is 0. The summed E-state index contributed by atoms with van der Waals surface area (Å²) in [5, 5.41) is 4.86. The number of hydrogen-bond donors (Lipinski definition) is 0. The lowest BCUT2D eigenvalue weighted by atomic mass is 9.69. The highest BCUT2D eigenvalue weighted by atomic mass is 32.2. The lowest BCUT2D eigenvalue weighted by Crippen LogP contribution is -2.26. The Bertz CT molecular complexity index is 2760. The number of nitrogens with zero attached hydrogens (tertiary/aromatic N) is 2. The molecule has 2 aliphatic heterocycles. The van der Waals surface area contributed by atoms with Crippen molar-refractivity contribution in [2.24, 2.45) is 9.98 Å². The van der Waals surface area contributed by atoms with E-state index in [9.17, 15) is 0 Å². The Labute approximate surface area is 331 Å². The van der Waals surface area contributed by atoms with Crippen LogP contribution in [0, 0.1) is 0 Å². The Morgan fingerprint density at radius 1 is 0.400 bits per heavy atom. The summed E-state index contributed by atoms with van der Waals surface area (Å²) in [6.45, 7) is 8.87. The van der Waals surface area contributed by atoms with Crippen molar-refractivity contribution in [3.63, 3.8) is 0 Å². The van der Waals surface area contributed by atoms with Crippen LogP contribution in [0.4, 0.5) is 0 Å². The molecule has 0 saturated heterocycles. The highest BCUT2D eigenvalue weighted by Crippen LogP contribution is 2.64. The molecule has 4 heteroatoms. The third-order valence-corrected chi connectivity index (χ3v) is 14.8. The summed E-state index contributed by atoms with van der Waals surface area (Å²) in [4.78, 5) is 10.0. The Morgan fingerprint density at radius 2 is 0.891 bits per heavy atom. The van der Waals surface area contributed by atoms with Crippen molar-refractivity contribution in [1.82, 2.24) is 0 Å². The molecule has 7 aromatic carbocycles. The summed E-state index contributed by atoms with van der Waals surface area (Å²) in [6.07, 6.45) is 0. The number of fused-ring (bicyclic) bond motifs is 12. The predicted molar refractivity (Wildman–Crippen MR) is 237 cm³/mol. The molecule has 0 bridgehead atoms. The molecular formula is C51H40N2S2. The molecular weight excluding hydrogens is 705 g/mol. The fourth-order valence-electron chi connectivity index (χ4n) is 9.47. The minimum atomic E-state index is -0.464. The fourth-order valence-corrected chi connectivity index (χ4v) is 11.8. The second-order valence-electron chi connectivity index (χ2n) is 16.7. The minimum absolute atomic E-state index is 0.00923. The lowest BCUT2D eigenvalue weighted by molar-refractivity contribution is 0.605. The Morgan fingerprint density at radius 3 is 1.45 bits per heavy atom. The summed E-state index contributed by atoms with van der Waals surface area (Å²) in [6, 6.07) is 55.3. The van der Waals surface area contributed by atoms with Gasteiger partial charge in [0, 0.05) is 22.6 Å². The van der Waals surface area contributed by atoms with Crippen molar-refractivity contribution in [1.29, 1.82) is 0 Å². The zero-order valence-corrected chi connectivity index (χ0v) is 33.1. The first-order valence-electron chi connectivity index (χ1n) is 19.3. The third-order valence-electron chi connectivity index (χ3n) is 11.9. The topological polar surface area (TPSA) is 24.7 Å². The molecule has 0 saturated carbocycles. The maximum absolute atomic E-state index is 5.03. The van der Waals surface area contributed by atoms with E-state index in [2.05, 4.69) is 173 Å². The first-order chi connectivity index (χ1) is 26.7. The summed E-state index contributed by atoms with van der Waals surface area (Å²) in [7, 11) is 0. The van der Waals surface area contributed by atoms with Crippen molar-refractivity contribution in [2.45, 2.75) is 44.2 Å². The van der Waals surface area contributed by atoms with Crippen LogP contribution in [-0.4, -0.2) is 32.7 Å². The number of aliphatic imine (C=N–C) groups is 2. The Balaban J connectivity index is 1.14. The number of hydrogen-bond acceptors (Lipinski definition) is 4. The average molecular weight is 745 g/mol. The predicted octanol–water partition coefficient (Wildman–Crippen LogP) is 13.1. The molecule has 2 heterocycles. The van der Waals surface area contributed by atoms with Gasteiger partial charge in [0.15, 0.2) is 0 Å². The van der Waals surface area contributed by atoms with E-state index in [0.29, 0.717) is 0 Å². The molecule has 0 aromatic heterocycles.